The van der Waals surface area contributed by atoms with Gasteiger partial charge >= 0.3 is 11.4 Å². The summed E-state index contributed by atoms with van der Waals surface area (Å²) < 4.78 is -0.0868. The molecule has 1 aromatic carbocycles. The maximum absolute atomic E-state index is 11.8. The third-order valence-electron chi connectivity index (χ3n) is 3.38. The van der Waals surface area contributed by atoms with Crippen LogP contribution in [-0.2, 0) is 0 Å². The number of non-ortho nitro benzene ring substituents is 1. The highest BCUT2D eigenvalue weighted by Crippen LogP contribution is 2.38. The van der Waals surface area contributed by atoms with E-state index in [-0.39, 0.29) is 4.65 Å². The van der Waals surface area contributed by atoms with Gasteiger partial charge in [0.15, 0.2) is 0 Å². The predicted molar refractivity (Wildman–Crippen MR) is 97.1 cm³/mol. The van der Waals surface area contributed by atoms with Gasteiger partial charge in [0.2, 0.25) is 0 Å². The maximum atomic E-state index is 11.8. The number of rotatable bonds is 9. The molecule has 150 valence electrons. The second kappa shape index (κ2) is 10.8. The molecule has 0 aliphatic carbocycles. The molecule has 0 spiro atoms. The highest BCUT2D eigenvalue weighted by Gasteiger charge is 2.30. The molecule has 0 heterocycles. The molecule has 0 aromatic heterocycles. The van der Waals surface area contributed by atoms with E-state index in [0.29, 0.717) is 18.7 Å². The van der Waals surface area contributed by atoms with E-state index < -0.39 is 37.6 Å². The normalized spacial score (nSPS) is 10.5. The summed E-state index contributed by atoms with van der Waals surface area (Å²) >= 11 is 0. The zero-order chi connectivity index (χ0) is 21.2. The van der Waals surface area contributed by atoms with Crippen molar-refractivity contribution < 1.29 is 24.5 Å². The summed E-state index contributed by atoms with van der Waals surface area (Å²) in [6.07, 6.45) is 3.63. The molecule has 0 aliphatic heterocycles. The summed E-state index contributed by atoms with van der Waals surface area (Å²) in [6, 6.07) is 0.894. The van der Waals surface area contributed by atoms with Crippen molar-refractivity contribution >= 4 is 17.1 Å². The first-order valence-electron chi connectivity index (χ1n) is 8.01. The Morgan fingerprint density at radius 1 is 1.00 bits per heavy atom. The molecule has 1 N–H and O–H groups in total. The molecule has 0 bridgehead atoms. The summed E-state index contributed by atoms with van der Waals surface area (Å²) in [5.41, 5.74) is -3.00. The average Bonchev–Trinajstić information content (AvgIpc) is 2.55. The van der Waals surface area contributed by atoms with E-state index in [1.807, 2.05) is 13.8 Å². The van der Waals surface area contributed by atoms with E-state index in [4.69, 9.17) is 5.11 Å². The van der Waals surface area contributed by atoms with Crippen LogP contribution in [0.25, 0.3) is 0 Å². The fourth-order valence-electron chi connectivity index (χ4n) is 2.32. The van der Waals surface area contributed by atoms with Crippen LogP contribution < -0.4 is 0 Å². The van der Waals surface area contributed by atoms with E-state index in [2.05, 4.69) is 6.58 Å². The molecule has 1 rings (SSSR count). The van der Waals surface area contributed by atoms with Gasteiger partial charge in [0.25, 0.3) is 11.4 Å². The Morgan fingerprint density at radius 2 is 1.41 bits per heavy atom. The minimum absolute atomic E-state index is 0.0868. The quantitative estimate of drug-likeness (QED) is 0.291. The van der Waals surface area contributed by atoms with E-state index in [1.54, 1.807) is 6.08 Å². The molecule has 0 saturated carbocycles. The number of phenolic OH excluding ortho intramolecular Hbond substituents is 1. The molecule has 0 aliphatic rings. The number of aromatic hydroxyl groups is 1. The Morgan fingerprint density at radius 3 is 1.67 bits per heavy atom. The molecule has 1 aromatic rings. The Hall–Kier alpha value is -3.12. The van der Waals surface area contributed by atoms with Gasteiger partial charge in [0.1, 0.15) is 0 Å². The summed E-state index contributed by atoms with van der Waals surface area (Å²) in [5, 5.41) is 52.0. The van der Waals surface area contributed by atoms with E-state index in [1.165, 1.54) is 0 Å². The number of benzene rings is 1. The number of nitro groups is 3. The number of quaternary nitrogens is 1. The summed E-state index contributed by atoms with van der Waals surface area (Å²) in [5.74, 6) is -1.21. The Labute approximate surface area is 155 Å². The third-order valence-corrected chi connectivity index (χ3v) is 3.38. The van der Waals surface area contributed by atoms with Gasteiger partial charge in [0.05, 0.1) is 46.5 Å². The zero-order valence-electron chi connectivity index (χ0n) is 15.1. The van der Waals surface area contributed by atoms with E-state index in [0.717, 1.165) is 25.9 Å². The molecule has 0 fully saturated rings. The second-order valence-corrected chi connectivity index (χ2v) is 5.58. The van der Waals surface area contributed by atoms with Crippen LogP contribution >= 0.6 is 0 Å². The standard InChI is InChI=1S/C9H19NO.C6H3N3O7/c1-4-7-10(11,8-5-2)9-6-3;10-6-4(8(13)14)1-3(7(11)12)2-5(6)9(15)16/h4H,1,5-9H2,2-3H3;1-2,10H. The molecule has 0 radical (unpaired) electrons. The molecule has 0 saturated heterocycles. The molecule has 12 heteroatoms. The third kappa shape index (κ3) is 7.33. The average molecular weight is 386 g/mol. The highest BCUT2D eigenvalue weighted by molar-refractivity contribution is 5.64. The lowest BCUT2D eigenvalue weighted by molar-refractivity contribution is -0.874. The predicted octanol–water partition coefficient (Wildman–Crippen LogP) is 3.42. The van der Waals surface area contributed by atoms with Gasteiger partial charge in [-0.05, 0) is 18.9 Å². The smallest absolute Gasteiger partial charge is 0.324 e. The molecule has 27 heavy (non-hydrogen) atoms. The monoisotopic (exact) mass is 386 g/mol. The summed E-state index contributed by atoms with van der Waals surface area (Å²) in [4.78, 5) is 27.8. The van der Waals surface area contributed by atoms with Gasteiger partial charge in [-0.25, -0.2) is 0 Å². The van der Waals surface area contributed by atoms with Crippen LogP contribution in [0.2, 0.25) is 0 Å². The van der Waals surface area contributed by atoms with Crippen LogP contribution in [0.3, 0.4) is 0 Å². The molecular formula is C15H22N4O8. The fraction of sp³-hybridized carbons (Fsp3) is 0.467. The van der Waals surface area contributed by atoms with Gasteiger partial charge in [-0.15, -0.1) is 0 Å². The number of nitrogens with zero attached hydrogens (tertiary/aromatic N) is 4. The van der Waals surface area contributed by atoms with Gasteiger partial charge in [0, 0.05) is 0 Å². The zero-order valence-corrected chi connectivity index (χ0v) is 15.1. The lowest BCUT2D eigenvalue weighted by atomic mass is 10.2. The first-order valence-corrected chi connectivity index (χ1v) is 8.01. The topological polar surface area (TPSA) is 173 Å². The molecular weight excluding hydrogens is 364 g/mol. The van der Waals surface area contributed by atoms with Crippen molar-refractivity contribution in [3.8, 4) is 5.75 Å². The van der Waals surface area contributed by atoms with Gasteiger partial charge in [-0.1, -0.05) is 20.4 Å². The SMILES string of the molecule is C=CC[N+]([O-])(CCC)CCC.O=[N+]([O-])c1cc([N+](=O)[O-])c(O)c([N+](=O)[O-])c1. The van der Waals surface area contributed by atoms with Crippen LogP contribution in [0, 0.1) is 35.6 Å². The van der Waals surface area contributed by atoms with E-state index >= 15 is 0 Å². The van der Waals surface area contributed by atoms with Crippen LogP contribution in [-0.4, -0.2) is 44.2 Å². The highest BCUT2D eigenvalue weighted by atomic mass is 16.6. The van der Waals surface area contributed by atoms with E-state index in [9.17, 15) is 35.6 Å². The van der Waals surface area contributed by atoms with Gasteiger partial charge < -0.3 is 15.0 Å². The van der Waals surface area contributed by atoms with Crippen molar-refractivity contribution in [2.75, 3.05) is 19.6 Å². The maximum Gasteiger partial charge on any atom is 0.324 e. The summed E-state index contributed by atoms with van der Waals surface area (Å²) in [6.45, 7) is 9.69. The van der Waals surface area contributed by atoms with Crippen molar-refractivity contribution in [2.45, 2.75) is 26.7 Å². The first-order chi connectivity index (χ1) is 12.5. The minimum Gasteiger partial charge on any atom is -0.633 e. The van der Waals surface area contributed by atoms with Crippen LogP contribution in [0.15, 0.2) is 24.8 Å². The Balaban J connectivity index is 0.000000541. The van der Waals surface area contributed by atoms with Crippen molar-refractivity contribution in [3.63, 3.8) is 0 Å². The van der Waals surface area contributed by atoms with Crippen LogP contribution in [0.1, 0.15) is 26.7 Å². The van der Waals surface area contributed by atoms with Gasteiger partial charge in [-0.3, -0.25) is 30.3 Å². The molecule has 0 amide bonds. The van der Waals surface area contributed by atoms with Crippen molar-refractivity contribution in [1.29, 1.82) is 0 Å². The van der Waals surface area contributed by atoms with Crippen molar-refractivity contribution in [1.82, 2.24) is 0 Å². The van der Waals surface area contributed by atoms with Crippen LogP contribution in [0.5, 0.6) is 5.75 Å². The number of nitro benzene ring substituents is 3. The molecule has 0 unspecified atom stereocenters. The van der Waals surface area contributed by atoms with Crippen molar-refractivity contribution in [3.05, 3.63) is 60.3 Å². The molecule has 0 atom stereocenters. The number of phenols is 1. The Kier molecular flexibility index (Phi) is 9.53. The van der Waals surface area contributed by atoms with Crippen LogP contribution in [0.4, 0.5) is 17.1 Å². The molecule has 12 nitrogen and oxygen atoms in total. The number of hydrogen-bond donors (Lipinski definition) is 1. The summed E-state index contributed by atoms with van der Waals surface area (Å²) in [7, 11) is 0. The largest absolute Gasteiger partial charge is 0.633 e. The fourth-order valence-corrected chi connectivity index (χ4v) is 2.32. The first kappa shape index (κ1) is 23.9. The van der Waals surface area contributed by atoms with Crippen molar-refractivity contribution in [2.24, 2.45) is 0 Å². The lowest BCUT2D eigenvalue weighted by Gasteiger charge is -2.41. The number of hydrogen-bond acceptors (Lipinski definition) is 8. The number of hydroxylamine groups is 3. The second-order valence-electron chi connectivity index (χ2n) is 5.58. The minimum atomic E-state index is -1.21. The lowest BCUT2D eigenvalue weighted by Crippen LogP contribution is -2.43. The van der Waals surface area contributed by atoms with Gasteiger partial charge in [-0.2, -0.15) is 0 Å². The Bertz CT molecular complexity index is 666.